The topological polar surface area (TPSA) is 110 Å². The molecule has 2 N–H and O–H groups in total. The van der Waals surface area contributed by atoms with Crippen LogP contribution in [0.3, 0.4) is 0 Å². The zero-order chi connectivity index (χ0) is 27.0. The summed E-state index contributed by atoms with van der Waals surface area (Å²) in [6.07, 6.45) is 3.10. The summed E-state index contributed by atoms with van der Waals surface area (Å²) in [5.74, 6) is 0.0455. The fourth-order valence-electron chi connectivity index (χ4n) is 4.79. The lowest BCUT2D eigenvalue weighted by Crippen LogP contribution is -2.36. The Labute approximate surface area is 218 Å². The highest BCUT2D eigenvalue weighted by Crippen LogP contribution is 2.30. The van der Waals surface area contributed by atoms with E-state index in [1.165, 1.54) is 13.2 Å². The van der Waals surface area contributed by atoms with Crippen LogP contribution in [-0.2, 0) is 4.74 Å². The fraction of sp³-hybridized carbons (Fsp3) is 0.346. The van der Waals surface area contributed by atoms with E-state index in [2.05, 4.69) is 40.2 Å². The van der Waals surface area contributed by atoms with Gasteiger partial charge in [-0.25, -0.2) is 33.5 Å². The molecule has 38 heavy (non-hydrogen) atoms. The summed E-state index contributed by atoms with van der Waals surface area (Å²) in [5.41, 5.74) is 1.96. The van der Waals surface area contributed by atoms with Crippen molar-refractivity contribution in [3.8, 4) is 11.3 Å². The number of hydrogen-bond acceptors (Lipinski definition) is 8. The van der Waals surface area contributed by atoms with Gasteiger partial charge in [-0.05, 0) is 51.5 Å². The smallest absolute Gasteiger partial charge is 0.407 e. The maximum Gasteiger partial charge on any atom is 0.407 e. The van der Waals surface area contributed by atoms with Crippen molar-refractivity contribution in [2.45, 2.75) is 39.3 Å². The van der Waals surface area contributed by atoms with E-state index >= 15 is 0 Å². The van der Waals surface area contributed by atoms with Crippen LogP contribution in [0.4, 0.5) is 31.0 Å². The van der Waals surface area contributed by atoms with Crippen LogP contribution >= 0.6 is 0 Å². The number of nitrogens with zero attached hydrogens (tertiary/aromatic N) is 6. The molecule has 0 aliphatic carbocycles. The van der Waals surface area contributed by atoms with Gasteiger partial charge in [0.15, 0.2) is 11.6 Å². The number of methoxy groups -OCH3 is 1. The van der Waals surface area contributed by atoms with Gasteiger partial charge in [0.25, 0.3) is 0 Å². The molecule has 1 saturated heterocycles. The van der Waals surface area contributed by atoms with E-state index in [1.807, 2.05) is 31.4 Å². The number of nitrogens with one attached hydrogen (secondary N) is 2. The number of ether oxygens (including phenoxy) is 1. The highest BCUT2D eigenvalue weighted by atomic mass is 19.1. The summed E-state index contributed by atoms with van der Waals surface area (Å²) in [6.45, 7) is 7.18. The molecule has 10 nitrogen and oxygen atoms in total. The van der Waals surface area contributed by atoms with E-state index in [4.69, 9.17) is 0 Å². The number of carbonyl (C=O) groups is 1. The second kappa shape index (κ2) is 10.2. The van der Waals surface area contributed by atoms with E-state index in [0.29, 0.717) is 23.7 Å². The minimum Gasteiger partial charge on any atom is -0.453 e. The first kappa shape index (κ1) is 25.3. The van der Waals surface area contributed by atoms with Gasteiger partial charge in [0.1, 0.15) is 22.9 Å². The maximum absolute atomic E-state index is 14.9. The van der Waals surface area contributed by atoms with Crippen LogP contribution in [0.1, 0.15) is 32.1 Å². The standard InChI is InChI=1S/C26H28F2N8O2/c1-14(2)36-15(3)31-24-19(27)9-16(10-21(24)36)23-20(28)12-30-25(34-23)33-22-6-5-18(11-29-22)35-8-7-17(13-35)32-26(37)38-4/h5-6,9-12,14,17H,7-8,13H2,1-4H3,(H,32,37)(H,29,30,33,34)/t17-/m1/s1. The van der Waals surface area contributed by atoms with Crippen LogP contribution < -0.4 is 15.5 Å². The number of pyridine rings is 1. The van der Waals surface area contributed by atoms with Gasteiger partial charge in [0.2, 0.25) is 5.95 Å². The lowest BCUT2D eigenvalue weighted by Gasteiger charge is -2.18. The molecule has 5 rings (SSSR count). The Kier molecular flexibility index (Phi) is 6.79. The van der Waals surface area contributed by atoms with Crippen LogP contribution in [0.2, 0.25) is 0 Å². The number of carbonyl (C=O) groups excluding carboxylic acids is 1. The number of benzene rings is 1. The van der Waals surface area contributed by atoms with Gasteiger partial charge in [-0.3, -0.25) is 0 Å². The number of hydrogen-bond donors (Lipinski definition) is 2. The van der Waals surface area contributed by atoms with Gasteiger partial charge in [0.05, 0.1) is 36.7 Å². The zero-order valence-electron chi connectivity index (χ0n) is 21.5. The first-order valence-corrected chi connectivity index (χ1v) is 12.3. The lowest BCUT2D eigenvalue weighted by molar-refractivity contribution is 0.167. The summed E-state index contributed by atoms with van der Waals surface area (Å²) < 4.78 is 36.3. The third-order valence-corrected chi connectivity index (χ3v) is 6.51. The summed E-state index contributed by atoms with van der Waals surface area (Å²) >= 11 is 0. The van der Waals surface area contributed by atoms with Gasteiger partial charge < -0.3 is 24.8 Å². The predicted molar refractivity (Wildman–Crippen MR) is 139 cm³/mol. The summed E-state index contributed by atoms with van der Waals surface area (Å²) in [6, 6.07) is 6.63. The summed E-state index contributed by atoms with van der Waals surface area (Å²) in [5, 5.41) is 5.79. The quantitative estimate of drug-likeness (QED) is 0.374. The molecule has 1 aliphatic heterocycles. The summed E-state index contributed by atoms with van der Waals surface area (Å²) in [7, 11) is 1.34. The van der Waals surface area contributed by atoms with E-state index in [0.717, 1.165) is 24.8 Å². The molecule has 198 valence electrons. The molecule has 0 radical (unpaired) electrons. The minimum absolute atomic E-state index is 0.00145. The molecular weight excluding hydrogens is 494 g/mol. The number of aryl methyl sites for hydroxylation is 1. The Morgan fingerprint density at radius 2 is 1.95 bits per heavy atom. The third-order valence-electron chi connectivity index (χ3n) is 6.51. The van der Waals surface area contributed by atoms with Gasteiger partial charge >= 0.3 is 6.09 Å². The van der Waals surface area contributed by atoms with Gasteiger partial charge in [-0.15, -0.1) is 0 Å². The number of imidazole rings is 1. The molecule has 12 heteroatoms. The molecule has 1 fully saturated rings. The molecule has 0 bridgehead atoms. The van der Waals surface area contributed by atoms with Crippen molar-refractivity contribution in [1.29, 1.82) is 0 Å². The van der Waals surface area contributed by atoms with Crippen molar-refractivity contribution >= 4 is 34.6 Å². The molecule has 0 spiro atoms. The molecule has 1 amide bonds. The Bertz CT molecular complexity index is 1490. The highest BCUT2D eigenvalue weighted by molar-refractivity contribution is 5.83. The molecule has 1 atom stereocenters. The van der Waals surface area contributed by atoms with Crippen LogP contribution in [0.15, 0.2) is 36.7 Å². The number of amides is 1. The maximum atomic E-state index is 14.9. The molecule has 3 aromatic heterocycles. The molecule has 4 heterocycles. The van der Waals surface area contributed by atoms with Crippen LogP contribution in [0, 0.1) is 18.6 Å². The van der Waals surface area contributed by atoms with E-state index in [9.17, 15) is 13.6 Å². The van der Waals surface area contributed by atoms with E-state index < -0.39 is 17.7 Å². The summed E-state index contributed by atoms with van der Waals surface area (Å²) in [4.78, 5) is 30.7. The lowest BCUT2D eigenvalue weighted by atomic mass is 10.1. The zero-order valence-corrected chi connectivity index (χ0v) is 21.5. The van der Waals surface area contributed by atoms with Gasteiger partial charge in [-0.1, -0.05) is 0 Å². The molecule has 0 saturated carbocycles. The first-order chi connectivity index (χ1) is 18.2. The minimum atomic E-state index is -0.672. The highest BCUT2D eigenvalue weighted by Gasteiger charge is 2.24. The largest absolute Gasteiger partial charge is 0.453 e. The van der Waals surface area contributed by atoms with Crippen LogP contribution in [0.25, 0.3) is 22.3 Å². The molecule has 1 aromatic carbocycles. The molecule has 0 unspecified atom stereocenters. The predicted octanol–water partition coefficient (Wildman–Crippen LogP) is 4.73. The third kappa shape index (κ3) is 4.93. The molecular formula is C26H28F2N8O2. The Morgan fingerprint density at radius 1 is 1.13 bits per heavy atom. The second-order valence-electron chi connectivity index (χ2n) is 9.43. The van der Waals surface area contributed by atoms with Crippen LogP contribution in [-0.4, -0.2) is 56.8 Å². The van der Waals surface area contributed by atoms with Crippen molar-refractivity contribution in [2.24, 2.45) is 0 Å². The number of halogens is 2. The van der Waals surface area contributed by atoms with E-state index in [-0.39, 0.29) is 34.8 Å². The van der Waals surface area contributed by atoms with Crippen molar-refractivity contribution in [2.75, 3.05) is 30.4 Å². The Morgan fingerprint density at radius 3 is 2.66 bits per heavy atom. The monoisotopic (exact) mass is 522 g/mol. The number of fused-ring (bicyclic) bond motifs is 1. The first-order valence-electron chi connectivity index (χ1n) is 12.3. The fourth-order valence-corrected chi connectivity index (χ4v) is 4.79. The molecule has 1 aliphatic rings. The van der Waals surface area contributed by atoms with Gasteiger partial charge in [0, 0.05) is 24.7 Å². The van der Waals surface area contributed by atoms with Gasteiger partial charge in [-0.2, -0.15) is 0 Å². The van der Waals surface area contributed by atoms with Crippen molar-refractivity contribution < 1.29 is 18.3 Å². The Balaban J connectivity index is 1.36. The van der Waals surface area contributed by atoms with Crippen LogP contribution in [0.5, 0.6) is 0 Å². The number of anilines is 3. The Hall–Kier alpha value is -4.35. The average molecular weight is 523 g/mol. The second-order valence-corrected chi connectivity index (χ2v) is 9.43. The normalized spacial score (nSPS) is 15.3. The number of aromatic nitrogens is 5. The average Bonchev–Trinajstić information content (AvgIpc) is 3.49. The van der Waals surface area contributed by atoms with E-state index in [1.54, 1.807) is 18.3 Å². The molecule has 4 aromatic rings. The van der Waals surface area contributed by atoms with Crippen molar-refractivity contribution in [3.63, 3.8) is 0 Å². The van der Waals surface area contributed by atoms with Crippen molar-refractivity contribution in [3.05, 3.63) is 54.1 Å². The number of alkyl carbamates (subject to hydrolysis) is 1. The number of rotatable bonds is 6. The van der Waals surface area contributed by atoms with Crippen molar-refractivity contribution in [1.82, 2.24) is 29.8 Å². The SMILES string of the molecule is COC(=O)N[C@@H]1CCN(c2ccc(Nc3ncc(F)c(-c4cc(F)c5nc(C)n(C(C)C)c5c4)n3)nc2)C1.